The van der Waals surface area contributed by atoms with Crippen LogP contribution in [0, 0.1) is 0 Å². The summed E-state index contributed by atoms with van der Waals surface area (Å²) in [6.45, 7) is 0.157. The van der Waals surface area contributed by atoms with Gasteiger partial charge in [-0.2, -0.15) is 13.2 Å². The minimum absolute atomic E-state index is 0.0873. The largest absolute Gasteiger partial charge is 0.493 e. The van der Waals surface area contributed by atoms with Crippen molar-refractivity contribution in [1.29, 1.82) is 0 Å². The smallest absolute Gasteiger partial charge is 0.419 e. The molecular formula is C13H16F3NO2. The molecule has 19 heavy (non-hydrogen) atoms. The standard InChI is InChI=1S/C13H16F3NO2/c1-17-12(18)8-4-5-9-19-11-7-3-2-6-10(11)13(14,15)16/h2-3,6-7H,4-5,8-9H2,1H3,(H,17,18). The minimum Gasteiger partial charge on any atom is -0.493 e. The van der Waals surface area contributed by atoms with Crippen molar-refractivity contribution in [2.24, 2.45) is 0 Å². The second-order valence-corrected chi connectivity index (χ2v) is 3.97. The van der Waals surface area contributed by atoms with Crippen molar-refractivity contribution in [3.05, 3.63) is 29.8 Å². The Morgan fingerprint density at radius 1 is 1.26 bits per heavy atom. The van der Waals surface area contributed by atoms with E-state index in [4.69, 9.17) is 4.74 Å². The first kappa shape index (κ1) is 15.3. The predicted molar refractivity (Wildman–Crippen MR) is 64.9 cm³/mol. The lowest BCUT2D eigenvalue weighted by Gasteiger charge is -2.13. The van der Waals surface area contributed by atoms with Crippen LogP contribution < -0.4 is 10.1 Å². The van der Waals surface area contributed by atoms with Gasteiger partial charge in [-0.25, -0.2) is 0 Å². The molecule has 0 atom stereocenters. The van der Waals surface area contributed by atoms with Crippen molar-refractivity contribution in [3.8, 4) is 5.75 Å². The molecule has 3 nitrogen and oxygen atoms in total. The fourth-order valence-corrected chi connectivity index (χ4v) is 1.52. The molecule has 0 fully saturated rings. The maximum absolute atomic E-state index is 12.6. The number of hydrogen-bond donors (Lipinski definition) is 1. The zero-order valence-electron chi connectivity index (χ0n) is 10.6. The van der Waals surface area contributed by atoms with Gasteiger partial charge in [-0.1, -0.05) is 12.1 Å². The third-order valence-electron chi connectivity index (χ3n) is 2.53. The van der Waals surface area contributed by atoms with E-state index >= 15 is 0 Å². The molecule has 0 radical (unpaired) electrons. The monoisotopic (exact) mass is 275 g/mol. The fraction of sp³-hybridized carbons (Fsp3) is 0.462. The van der Waals surface area contributed by atoms with Gasteiger partial charge in [0.15, 0.2) is 0 Å². The zero-order valence-corrected chi connectivity index (χ0v) is 10.6. The number of amides is 1. The molecule has 0 bridgehead atoms. The second kappa shape index (κ2) is 7.01. The van der Waals surface area contributed by atoms with Crippen LogP contribution in [-0.2, 0) is 11.0 Å². The van der Waals surface area contributed by atoms with Gasteiger partial charge in [0, 0.05) is 13.5 Å². The Bertz CT molecular complexity index is 419. The summed E-state index contributed by atoms with van der Waals surface area (Å²) in [7, 11) is 1.54. The highest BCUT2D eigenvalue weighted by Gasteiger charge is 2.33. The maximum Gasteiger partial charge on any atom is 0.419 e. The van der Waals surface area contributed by atoms with Gasteiger partial charge in [-0.15, -0.1) is 0 Å². The number of nitrogens with one attached hydrogen (secondary N) is 1. The van der Waals surface area contributed by atoms with E-state index in [1.807, 2.05) is 0 Å². The van der Waals surface area contributed by atoms with E-state index in [9.17, 15) is 18.0 Å². The normalized spacial score (nSPS) is 11.2. The number of hydrogen-bond acceptors (Lipinski definition) is 2. The van der Waals surface area contributed by atoms with Crippen molar-refractivity contribution >= 4 is 5.91 Å². The van der Waals surface area contributed by atoms with Crippen LogP contribution in [0.5, 0.6) is 5.75 Å². The van der Waals surface area contributed by atoms with E-state index in [2.05, 4.69) is 5.32 Å². The summed E-state index contributed by atoms with van der Waals surface area (Å²) in [6.07, 6.45) is -2.97. The molecule has 0 heterocycles. The van der Waals surface area contributed by atoms with Gasteiger partial charge in [0.05, 0.1) is 12.2 Å². The Hall–Kier alpha value is -1.72. The lowest BCUT2D eigenvalue weighted by Crippen LogP contribution is -2.17. The quantitative estimate of drug-likeness (QED) is 0.810. The van der Waals surface area contributed by atoms with Crippen LogP contribution in [0.15, 0.2) is 24.3 Å². The highest BCUT2D eigenvalue weighted by atomic mass is 19.4. The molecule has 0 aliphatic carbocycles. The van der Waals surface area contributed by atoms with Crippen LogP contribution in [0.3, 0.4) is 0 Å². The molecule has 0 aliphatic heterocycles. The van der Waals surface area contributed by atoms with E-state index in [1.54, 1.807) is 7.05 Å². The minimum atomic E-state index is -4.42. The molecule has 1 N–H and O–H groups in total. The Morgan fingerprint density at radius 2 is 1.95 bits per heavy atom. The van der Waals surface area contributed by atoms with Crippen LogP contribution in [0.1, 0.15) is 24.8 Å². The summed E-state index contributed by atoms with van der Waals surface area (Å²) < 4.78 is 43.1. The molecule has 0 spiro atoms. The molecule has 1 aromatic carbocycles. The van der Waals surface area contributed by atoms with Crippen LogP contribution in [0.25, 0.3) is 0 Å². The van der Waals surface area contributed by atoms with Gasteiger partial charge < -0.3 is 10.1 Å². The first-order valence-corrected chi connectivity index (χ1v) is 5.94. The molecule has 0 aliphatic rings. The number of benzene rings is 1. The number of ether oxygens (including phenoxy) is 1. The van der Waals surface area contributed by atoms with Crippen LogP contribution in [-0.4, -0.2) is 19.6 Å². The number of alkyl halides is 3. The molecular weight excluding hydrogens is 259 g/mol. The van der Waals surface area contributed by atoms with E-state index in [1.165, 1.54) is 18.2 Å². The van der Waals surface area contributed by atoms with Crippen LogP contribution in [0.4, 0.5) is 13.2 Å². The van der Waals surface area contributed by atoms with Crippen LogP contribution in [0.2, 0.25) is 0 Å². The number of carbonyl (C=O) groups excluding carboxylic acids is 1. The molecule has 1 amide bonds. The van der Waals surface area contributed by atoms with Crippen molar-refractivity contribution in [3.63, 3.8) is 0 Å². The molecule has 0 aromatic heterocycles. The lowest BCUT2D eigenvalue weighted by atomic mass is 10.2. The molecule has 1 aromatic rings. The zero-order chi connectivity index (χ0) is 14.3. The summed E-state index contributed by atoms with van der Waals surface area (Å²) in [5.74, 6) is -0.259. The number of halogens is 3. The molecule has 0 unspecified atom stereocenters. The van der Waals surface area contributed by atoms with Crippen molar-refractivity contribution in [2.45, 2.75) is 25.4 Å². The van der Waals surface area contributed by atoms with Gasteiger partial charge in [-0.3, -0.25) is 4.79 Å². The average molecular weight is 275 g/mol. The molecule has 106 valence electrons. The topological polar surface area (TPSA) is 38.3 Å². The maximum atomic E-state index is 12.6. The van der Waals surface area contributed by atoms with Crippen molar-refractivity contribution in [2.75, 3.05) is 13.7 Å². The Balaban J connectivity index is 2.44. The van der Waals surface area contributed by atoms with Gasteiger partial charge in [-0.05, 0) is 25.0 Å². The molecule has 6 heteroatoms. The third-order valence-corrected chi connectivity index (χ3v) is 2.53. The number of carbonyl (C=O) groups is 1. The number of para-hydroxylation sites is 1. The van der Waals surface area contributed by atoms with Crippen molar-refractivity contribution < 1.29 is 22.7 Å². The third kappa shape index (κ3) is 5.19. The predicted octanol–water partition coefficient (Wildman–Crippen LogP) is 3.00. The SMILES string of the molecule is CNC(=O)CCCCOc1ccccc1C(F)(F)F. The second-order valence-electron chi connectivity index (χ2n) is 3.97. The van der Waals surface area contributed by atoms with Gasteiger partial charge in [0.25, 0.3) is 0 Å². The summed E-state index contributed by atoms with van der Waals surface area (Å²) >= 11 is 0. The van der Waals surface area contributed by atoms with Gasteiger partial charge in [0.1, 0.15) is 5.75 Å². The average Bonchev–Trinajstić information content (AvgIpc) is 2.37. The number of rotatable bonds is 6. The Morgan fingerprint density at radius 3 is 2.58 bits per heavy atom. The molecule has 0 saturated carbocycles. The highest BCUT2D eigenvalue weighted by molar-refractivity contribution is 5.75. The van der Waals surface area contributed by atoms with Crippen LogP contribution >= 0.6 is 0 Å². The van der Waals surface area contributed by atoms with E-state index in [0.717, 1.165) is 6.07 Å². The first-order valence-electron chi connectivity index (χ1n) is 5.94. The van der Waals surface area contributed by atoms with Crippen molar-refractivity contribution in [1.82, 2.24) is 5.32 Å². The van der Waals surface area contributed by atoms with E-state index in [-0.39, 0.29) is 18.3 Å². The summed E-state index contributed by atoms with van der Waals surface area (Å²) in [6, 6.07) is 5.10. The summed E-state index contributed by atoms with van der Waals surface area (Å²) in [5.41, 5.74) is -0.777. The molecule has 1 rings (SSSR count). The van der Waals surface area contributed by atoms with Gasteiger partial charge in [0.2, 0.25) is 5.91 Å². The fourth-order valence-electron chi connectivity index (χ4n) is 1.52. The Labute approximate surface area is 109 Å². The van der Waals surface area contributed by atoms with E-state index < -0.39 is 11.7 Å². The van der Waals surface area contributed by atoms with Gasteiger partial charge >= 0.3 is 6.18 Å². The summed E-state index contributed by atoms with van der Waals surface area (Å²) in [5, 5.41) is 2.47. The number of unbranched alkanes of at least 4 members (excludes halogenated alkanes) is 1. The first-order chi connectivity index (χ1) is 8.95. The molecule has 0 saturated heterocycles. The highest BCUT2D eigenvalue weighted by Crippen LogP contribution is 2.35. The Kier molecular flexibility index (Phi) is 5.66. The summed E-state index contributed by atoms with van der Waals surface area (Å²) in [4.78, 5) is 10.9. The lowest BCUT2D eigenvalue weighted by molar-refractivity contribution is -0.139. The van der Waals surface area contributed by atoms with E-state index in [0.29, 0.717) is 19.3 Å².